The first-order chi connectivity index (χ1) is 10.1. The molecule has 0 bridgehead atoms. The average molecular weight is 313 g/mol. The molecule has 9 heteroatoms. The molecule has 1 aliphatic rings. The van der Waals surface area contributed by atoms with E-state index in [-0.39, 0.29) is 25.0 Å². The van der Waals surface area contributed by atoms with Crippen molar-refractivity contribution in [1.82, 2.24) is 9.80 Å². The van der Waals surface area contributed by atoms with Gasteiger partial charge < -0.3 is 9.47 Å². The van der Waals surface area contributed by atoms with Gasteiger partial charge in [0, 0.05) is 26.9 Å². The number of guanidine groups is 1. The van der Waals surface area contributed by atoms with Crippen molar-refractivity contribution in [2.75, 3.05) is 13.1 Å². The molecule has 2 amide bonds. The molecule has 0 unspecified atom stereocenters. The third-order valence-corrected chi connectivity index (χ3v) is 3.02. The highest BCUT2D eigenvalue weighted by atomic mass is 16.6. The van der Waals surface area contributed by atoms with E-state index in [0.717, 1.165) is 16.7 Å². The summed E-state index contributed by atoms with van der Waals surface area (Å²) >= 11 is 0. The van der Waals surface area contributed by atoms with Gasteiger partial charge in [-0.1, -0.05) is 0 Å². The fourth-order valence-corrected chi connectivity index (χ4v) is 1.92. The van der Waals surface area contributed by atoms with Gasteiger partial charge in [0.25, 0.3) is 5.91 Å². The van der Waals surface area contributed by atoms with Crippen molar-refractivity contribution in [2.45, 2.75) is 39.9 Å². The second kappa shape index (κ2) is 7.01. The zero-order valence-corrected chi connectivity index (χ0v) is 12.9. The minimum absolute atomic E-state index is 0.165. The number of amides is 2. The first-order valence-electron chi connectivity index (χ1n) is 6.71. The zero-order valence-electron chi connectivity index (χ0n) is 12.9. The molecule has 0 aromatic carbocycles. The van der Waals surface area contributed by atoms with E-state index < -0.39 is 30.1 Å². The summed E-state index contributed by atoms with van der Waals surface area (Å²) < 4.78 is 9.58. The molecule has 0 spiro atoms. The van der Waals surface area contributed by atoms with Gasteiger partial charge >= 0.3 is 11.9 Å². The van der Waals surface area contributed by atoms with Crippen LogP contribution in [0.1, 0.15) is 27.7 Å². The Kier molecular flexibility index (Phi) is 5.61. The quantitative estimate of drug-likeness (QED) is 0.699. The lowest BCUT2D eigenvalue weighted by atomic mass is 10.3. The molecule has 1 aliphatic heterocycles. The molecule has 1 N–H and O–H groups in total. The Morgan fingerprint density at radius 1 is 1.00 bits per heavy atom. The summed E-state index contributed by atoms with van der Waals surface area (Å²) in [5, 5.41) is 7.78. The van der Waals surface area contributed by atoms with Crippen LogP contribution in [0.4, 0.5) is 0 Å². The van der Waals surface area contributed by atoms with Crippen LogP contribution in [0.3, 0.4) is 0 Å². The summed E-state index contributed by atoms with van der Waals surface area (Å²) in [5.74, 6) is -2.69. The lowest BCUT2D eigenvalue weighted by Gasteiger charge is -2.22. The monoisotopic (exact) mass is 313 g/mol. The molecule has 9 nitrogen and oxygen atoms in total. The second-order valence-corrected chi connectivity index (χ2v) is 4.81. The number of carbonyl (C=O) groups is 4. The predicted octanol–water partition coefficient (Wildman–Crippen LogP) is -0.505. The normalized spacial score (nSPS) is 17.0. The summed E-state index contributed by atoms with van der Waals surface area (Å²) in [7, 11) is 0. The van der Waals surface area contributed by atoms with Crippen molar-refractivity contribution < 1.29 is 28.7 Å². The molecule has 1 saturated heterocycles. The first-order valence-corrected chi connectivity index (χ1v) is 6.71. The fraction of sp³-hybridized carbons (Fsp3) is 0.615. The highest BCUT2D eigenvalue weighted by Crippen LogP contribution is 2.11. The standard InChI is InChI=1S/C13H19N3O6/c1-7(22-12(20)8(2)21-10(4)18)11(19)16-6-5-15(9(3)17)13(16)14/h7-8,14H,5-6H2,1-4H3/t7-,8-/m0/s1. The van der Waals surface area contributed by atoms with E-state index in [1.54, 1.807) is 0 Å². The fourth-order valence-electron chi connectivity index (χ4n) is 1.92. The minimum Gasteiger partial charge on any atom is -0.451 e. The maximum Gasteiger partial charge on any atom is 0.347 e. The molecule has 0 aromatic rings. The molecule has 0 aliphatic carbocycles. The van der Waals surface area contributed by atoms with Crippen LogP contribution in [-0.4, -0.2) is 64.8 Å². The van der Waals surface area contributed by atoms with Crippen molar-refractivity contribution >= 4 is 29.7 Å². The van der Waals surface area contributed by atoms with E-state index >= 15 is 0 Å². The summed E-state index contributed by atoms with van der Waals surface area (Å²) in [6, 6.07) is 0. The Morgan fingerprint density at radius 2 is 1.55 bits per heavy atom. The van der Waals surface area contributed by atoms with Gasteiger partial charge in [-0.3, -0.25) is 29.6 Å². The predicted molar refractivity (Wildman–Crippen MR) is 73.6 cm³/mol. The van der Waals surface area contributed by atoms with Crippen LogP contribution in [0.15, 0.2) is 0 Å². The third kappa shape index (κ3) is 4.03. The van der Waals surface area contributed by atoms with Gasteiger partial charge in [-0.05, 0) is 13.8 Å². The molecule has 1 rings (SSSR count). The van der Waals surface area contributed by atoms with Crippen LogP contribution in [0.5, 0.6) is 0 Å². The SMILES string of the molecule is CC(=O)O[C@@H](C)C(=O)O[C@@H](C)C(=O)N1CCN(C(C)=O)C1=N. The molecule has 1 heterocycles. The number of esters is 2. The largest absolute Gasteiger partial charge is 0.451 e. The van der Waals surface area contributed by atoms with Crippen molar-refractivity contribution in [1.29, 1.82) is 5.41 Å². The Morgan fingerprint density at radius 3 is 2.00 bits per heavy atom. The highest BCUT2D eigenvalue weighted by Gasteiger charge is 2.36. The van der Waals surface area contributed by atoms with Crippen molar-refractivity contribution in [2.24, 2.45) is 0 Å². The topological polar surface area (TPSA) is 117 Å². The van der Waals surface area contributed by atoms with E-state index in [1.807, 2.05) is 0 Å². The number of carbonyl (C=O) groups excluding carboxylic acids is 4. The Hall–Kier alpha value is -2.45. The second-order valence-electron chi connectivity index (χ2n) is 4.81. The number of rotatable bonds is 4. The summed E-state index contributed by atoms with van der Waals surface area (Å²) in [5.41, 5.74) is 0. The Balaban J connectivity index is 2.63. The minimum atomic E-state index is -1.15. The lowest BCUT2D eigenvalue weighted by Crippen LogP contribution is -2.44. The lowest BCUT2D eigenvalue weighted by molar-refractivity contribution is -0.171. The number of hydrogen-bond acceptors (Lipinski definition) is 7. The van der Waals surface area contributed by atoms with Crippen LogP contribution < -0.4 is 0 Å². The molecule has 2 atom stereocenters. The van der Waals surface area contributed by atoms with Crippen LogP contribution in [0, 0.1) is 5.41 Å². The van der Waals surface area contributed by atoms with Crippen LogP contribution >= 0.6 is 0 Å². The van der Waals surface area contributed by atoms with Gasteiger partial charge in [0.15, 0.2) is 12.2 Å². The van der Waals surface area contributed by atoms with Gasteiger partial charge in [0.2, 0.25) is 11.9 Å². The number of nitrogens with zero attached hydrogens (tertiary/aromatic N) is 2. The smallest absolute Gasteiger partial charge is 0.347 e. The van der Waals surface area contributed by atoms with Crippen molar-refractivity contribution in [3.05, 3.63) is 0 Å². The van der Waals surface area contributed by atoms with Crippen molar-refractivity contribution in [3.63, 3.8) is 0 Å². The van der Waals surface area contributed by atoms with E-state index in [9.17, 15) is 19.2 Å². The van der Waals surface area contributed by atoms with Gasteiger partial charge in [-0.25, -0.2) is 4.79 Å². The van der Waals surface area contributed by atoms with Crippen LogP contribution in [-0.2, 0) is 28.7 Å². The number of nitrogens with one attached hydrogen (secondary N) is 1. The summed E-state index contributed by atoms with van der Waals surface area (Å²) in [4.78, 5) is 48.1. The van der Waals surface area contributed by atoms with Crippen LogP contribution in [0.2, 0.25) is 0 Å². The van der Waals surface area contributed by atoms with Crippen LogP contribution in [0.25, 0.3) is 0 Å². The van der Waals surface area contributed by atoms with Gasteiger partial charge in [0.05, 0.1) is 0 Å². The molecule has 0 saturated carbocycles. The zero-order chi connectivity index (χ0) is 17.0. The Labute approximate surface area is 127 Å². The van der Waals surface area contributed by atoms with E-state index in [2.05, 4.69) is 4.74 Å². The summed E-state index contributed by atoms with van der Waals surface area (Å²) in [6.07, 6.45) is -2.28. The number of ether oxygens (including phenoxy) is 2. The van der Waals surface area contributed by atoms with E-state index in [1.165, 1.54) is 20.8 Å². The summed E-state index contributed by atoms with van der Waals surface area (Å²) in [6.45, 7) is 5.52. The maximum absolute atomic E-state index is 12.2. The molecule has 0 radical (unpaired) electrons. The first kappa shape index (κ1) is 17.6. The number of hydrogen-bond donors (Lipinski definition) is 1. The molecule has 1 fully saturated rings. The molecule has 22 heavy (non-hydrogen) atoms. The van der Waals surface area contributed by atoms with E-state index in [4.69, 9.17) is 10.1 Å². The average Bonchev–Trinajstić information content (AvgIpc) is 2.78. The Bertz CT molecular complexity index is 518. The van der Waals surface area contributed by atoms with E-state index in [0.29, 0.717) is 0 Å². The third-order valence-electron chi connectivity index (χ3n) is 3.02. The van der Waals surface area contributed by atoms with Gasteiger partial charge in [-0.2, -0.15) is 0 Å². The highest BCUT2D eigenvalue weighted by molar-refractivity contribution is 6.05. The maximum atomic E-state index is 12.2. The van der Waals surface area contributed by atoms with Gasteiger partial charge in [0.1, 0.15) is 0 Å². The molecular formula is C13H19N3O6. The molecule has 122 valence electrons. The molecular weight excluding hydrogens is 294 g/mol. The molecule has 0 aromatic heterocycles. The van der Waals surface area contributed by atoms with Gasteiger partial charge in [-0.15, -0.1) is 0 Å². The van der Waals surface area contributed by atoms with Crippen molar-refractivity contribution in [3.8, 4) is 0 Å².